The first kappa shape index (κ1) is 16.6. The molecule has 0 radical (unpaired) electrons. The SMILES string of the molecule is CCCNC(CCC(C)C)Cc1cc(Br)ccc1F. The van der Waals surface area contributed by atoms with Gasteiger partial charge < -0.3 is 5.32 Å². The molecule has 1 nitrogen and oxygen atoms in total. The average molecular weight is 330 g/mol. The fourth-order valence-corrected chi connectivity index (χ4v) is 2.53. The van der Waals surface area contributed by atoms with Crippen molar-refractivity contribution in [3.8, 4) is 0 Å². The van der Waals surface area contributed by atoms with E-state index < -0.39 is 0 Å². The Morgan fingerprint density at radius 2 is 2.00 bits per heavy atom. The molecule has 0 spiro atoms. The summed E-state index contributed by atoms with van der Waals surface area (Å²) >= 11 is 3.41. The van der Waals surface area contributed by atoms with Crippen LogP contribution in [0.3, 0.4) is 0 Å². The molecule has 0 amide bonds. The first-order chi connectivity index (χ1) is 9.02. The Morgan fingerprint density at radius 1 is 1.26 bits per heavy atom. The van der Waals surface area contributed by atoms with Gasteiger partial charge in [-0.2, -0.15) is 0 Å². The number of halogens is 2. The highest BCUT2D eigenvalue weighted by Crippen LogP contribution is 2.19. The smallest absolute Gasteiger partial charge is 0.126 e. The second-order valence-electron chi connectivity index (χ2n) is 5.56. The van der Waals surface area contributed by atoms with Gasteiger partial charge in [0.25, 0.3) is 0 Å². The summed E-state index contributed by atoms with van der Waals surface area (Å²) in [6.07, 6.45) is 4.15. The fraction of sp³-hybridized carbons (Fsp3) is 0.625. The van der Waals surface area contributed by atoms with Crippen LogP contribution < -0.4 is 5.32 Å². The predicted molar refractivity (Wildman–Crippen MR) is 84.0 cm³/mol. The lowest BCUT2D eigenvalue weighted by molar-refractivity contribution is 0.422. The zero-order valence-corrected chi connectivity index (χ0v) is 13.8. The third-order valence-electron chi connectivity index (χ3n) is 3.25. The van der Waals surface area contributed by atoms with E-state index in [1.807, 2.05) is 6.07 Å². The monoisotopic (exact) mass is 329 g/mol. The van der Waals surface area contributed by atoms with Crippen LogP contribution >= 0.6 is 15.9 Å². The fourth-order valence-electron chi connectivity index (χ4n) is 2.12. The summed E-state index contributed by atoms with van der Waals surface area (Å²) < 4.78 is 14.7. The van der Waals surface area contributed by atoms with Crippen LogP contribution in [0, 0.1) is 11.7 Å². The van der Waals surface area contributed by atoms with Gasteiger partial charge in [-0.3, -0.25) is 0 Å². The number of rotatable bonds is 8. The van der Waals surface area contributed by atoms with Crippen molar-refractivity contribution >= 4 is 15.9 Å². The Bertz CT molecular complexity index is 379. The Labute approximate surface area is 125 Å². The quantitative estimate of drug-likeness (QED) is 0.712. The molecule has 1 rings (SSSR count). The lowest BCUT2D eigenvalue weighted by Crippen LogP contribution is -2.32. The molecule has 0 saturated carbocycles. The van der Waals surface area contributed by atoms with E-state index >= 15 is 0 Å². The minimum atomic E-state index is -0.101. The highest BCUT2D eigenvalue weighted by atomic mass is 79.9. The summed E-state index contributed by atoms with van der Waals surface area (Å²) in [5, 5.41) is 3.54. The molecule has 3 heteroatoms. The lowest BCUT2D eigenvalue weighted by atomic mass is 9.97. The van der Waals surface area contributed by atoms with Gasteiger partial charge in [0.2, 0.25) is 0 Å². The van der Waals surface area contributed by atoms with Crippen LogP contribution in [0.1, 0.15) is 45.6 Å². The van der Waals surface area contributed by atoms with Crippen molar-refractivity contribution in [3.63, 3.8) is 0 Å². The third kappa shape index (κ3) is 6.53. The van der Waals surface area contributed by atoms with Gasteiger partial charge in [0.05, 0.1) is 0 Å². The minimum Gasteiger partial charge on any atom is -0.314 e. The van der Waals surface area contributed by atoms with Crippen LogP contribution in [-0.4, -0.2) is 12.6 Å². The summed E-state index contributed by atoms with van der Waals surface area (Å²) in [7, 11) is 0. The molecule has 1 unspecified atom stereocenters. The van der Waals surface area contributed by atoms with Crippen molar-refractivity contribution in [1.29, 1.82) is 0 Å². The van der Waals surface area contributed by atoms with Gasteiger partial charge in [-0.05, 0) is 61.9 Å². The van der Waals surface area contributed by atoms with E-state index in [9.17, 15) is 4.39 Å². The average Bonchev–Trinajstić information content (AvgIpc) is 2.36. The van der Waals surface area contributed by atoms with Crippen molar-refractivity contribution in [2.24, 2.45) is 5.92 Å². The second-order valence-corrected chi connectivity index (χ2v) is 6.48. The number of nitrogens with one attached hydrogen (secondary N) is 1. The molecule has 1 atom stereocenters. The molecule has 0 heterocycles. The molecule has 0 aromatic heterocycles. The van der Waals surface area contributed by atoms with E-state index in [2.05, 4.69) is 42.0 Å². The largest absolute Gasteiger partial charge is 0.314 e. The van der Waals surface area contributed by atoms with E-state index in [1.165, 1.54) is 6.42 Å². The Balaban J connectivity index is 2.66. The molecule has 0 aliphatic rings. The normalized spacial score (nSPS) is 12.9. The number of benzene rings is 1. The second kappa shape index (κ2) is 8.70. The van der Waals surface area contributed by atoms with Gasteiger partial charge in [0.15, 0.2) is 0 Å². The zero-order chi connectivity index (χ0) is 14.3. The standard InChI is InChI=1S/C16H25BrFN/c1-4-9-19-15(7-5-12(2)3)11-13-10-14(17)6-8-16(13)18/h6,8,10,12,15,19H,4-5,7,9,11H2,1-3H3. The van der Waals surface area contributed by atoms with Crippen molar-refractivity contribution in [2.75, 3.05) is 6.54 Å². The zero-order valence-electron chi connectivity index (χ0n) is 12.2. The van der Waals surface area contributed by atoms with Crippen LogP contribution in [0.25, 0.3) is 0 Å². The van der Waals surface area contributed by atoms with Gasteiger partial charge in [-0.25, -0.2) is 4.39 Å². The van der Waals surface area contributed by atoms with E-state index in [4.69, 9.17) is 0 Å². The molecule has 1 N–H and O–H groups in total. The topological polar surface area (TPSA) is 12.0 Å². The highest BCUT2D eigenvalue weighted by Gasteiger charge is 2.13. The number of hydrogen-bond donors (Lipinski definition) is 1. The molecule has 0 aliphatic carbocycles. The molecule has 0 saturated heterocycles. The lowest BCUT2D eigenvalue weighted by Gasteiger charge is -2.20. The van der Waals surface area contributed by atoms with E-state index in [0.717, 1.165) is 35.8 Å². The first-order valence-electron chi connectivity index (χ1n) is 7.20. The minimum absolute atomic E-state index is 0.101. The van der Waals surface area contributed by atoms with Gasteiger partial charge in [0, 0.05) is 10.5 Å². The maximum absolute atomic E-state index is 13.8. The summed E-state index contributed by atoms with van der Waals surface area (Å²) in [6, 6.07) is 5.55. The maximum atomic E-state index is 13.8. The molecule has 0 aliphatic heterocycles. The van der Waals surface area contributed by atoms with Crippen LogP contribution in [0.4, 0.5) is 4.39 Å². The first-order valence-corrected chi connectivity index (χ1v) is 7.99. The predicted octanol–water partition coefficient (Wildman–Crippen LogP) is 4.94. The molecule has 1 aromatic rings. The van der Waals surface area contributed by atoms with Gasteiger partial charge >= 0.3 is 0 Å². The molecular weight excluding hydrogens is 305 g/mol. The van der Waals surface area contributed by atoms with Crippen LogP contribution in [0.5, 0.6) is 0 Å². The highest BCUT2D eigenvalue weighted by molar-refractivity contribution is 9.10. The maximum Gasteiger partial charge on any atom is 0.126 e. The number of hydrogen-bond acceptors (Lipinski definition) is 1. The summed E-state index contributed by atoms with van der Waals surface area (Å²) in [5.74, 6) is 0.592. The van der Waals surface area contributed by atoms with Crippen molar-refractivity contribution < 1.29 is 4.39 Å². The Kier molecular flexibility index (Phi) is 7.62. The Morgan fingerprint density at radius 3 is 2.63 bits per heavy atom. The third-order valence-corrected chi connectivity index (χ3v) is 3.74. The van der Waals surface area contributed by atoms with E-state index in [0.29, 0.717) is 12.0 Å². The Hall–Kier alpha value is -0.410. The van der Waals surface area contributed by atoms with Crippen LogP contribution in [-0.2, 0) is 6.42 Å². The van der Waals surface area contributed by atoms with Gasteiger partial charge in [-0.15, -0.1) is 0 Å². The summed E-state index contributed by atoms with van der Waals surface area (Å²) in [4.78, 5) is 0. The molecule has 108 valence electrons. The molecule has 19 heavy (non-hydrogen) atoms. The summed E-state index contributed by atoms with van der Waals surface area (Å²) in [6.45, 7) is 7.62. The van der Waals surface area contributed by atoms with E-state index in [1.54, 1.807) is 12.1 Å². The van der Waals surface area contributed by atoms with E-state index in [-0.39, 0.29) is 5.82 Å². The molecule has 1 aromatic carbocycles. The molecule has 0 bridgehead atoms. The van der Waals surface area contributed by atoms with Crippen molar-refractivity contribution in [3.05, 3.63) is 34.1 Å². The van der Waals surface area contributed by atoms with Crippen LogP contribution in [0.15, 0.2) is 22.7 Å². The van der Waals surface area contributed by atoms with Crippen molar-refractivity contribution in [2.45, 2.75) is 52.5 Å². The van der Waals surface area contributed by atoms with Crippen molar-refractivity contribution in [1.82, 2.24) is 5.32 Å². The summed E-state index contributed by atoms with van der Waals surface area (Å²) in [5.41, 5.74) is 0.798. The van der Waals surface area contributed by atoms with Crippen LogP contribution in [0.2, 0.25) is 0 Å². The van der Waals surface area contributed by atoms with Gasteiger partial charge in [-0.1, -0.05) is 36.7 Å². The van der Waals surface area contributed by atoms with Gasteiger partial charge in [0.1, 0.15) is 5.82 Å². The molecular formula is C16H25BrFN. The molecule has 0 fully saturated rings.